The van der Waals surface area contributed by atoms with E-state index in [1.807, 2.05) is 12.1 Å². The maximum atomic E-state index is 5.99. The third kappa shape index (κ3) is 5.10. The van der Waals surface area contributed by atoms with Crippen molar-refractivity contribution in [2.24, 2.45) is 11.8 Å². The Bertz CT molecular complexity index is 366. The first-order valence-electron chi connectivity index (χ1n) is 8.24. The first-order chi connectivity index (χ1) is 9.79. The maximum absolute atomic E-state index is 5.99. The summed E-state index contributed by atoms with van der Waals surface area (Å²) >= 11 is 5.99. The number of benzene rings is 1. The molecule has 1 unspecified atom stereocenters. The van der Waals surface area contributed by atoms with E-state index in [1.54, 1.807) is 0 Å². The van der Waals surface area contributed by atoms with Crippen molar-refractivity contribution < 1.29 is 0 Å². The summed E-state index contributed by atoms with van der Waals surface area (Å²) in [5.41, 5.74) is 1.43. The number of hydrogen-bond donors (Lipinski definition) is 1. The molecule has 1 aliphatic carbocycles. The lowest BCUT2D eigenvalue weighted by Gasteiger charge is -2.26. The van der Waals surface area contributed by atoms with Crippen LogP contribution in [0, 0.1) is 11.8 Å². The van der Waals surface area contributed by atoms with Crippen LogP contribution >= 0.6 is 11.6 Å². The Labute approximate surface area is 129 Å². The van der Waals surface area contributed by atoms with E-state index < -0.39 is 0 Å². The van der Waals surface area contributed by atoms with Crippen LogP contribution < -0.4 is 5.32 Å². The molecule has 1 nitrogen and oxygen atoms in total. The van der Waals surface area contributed by atoms with Gasteiger partial charge in [-0.1, -0.05) is 69.2 Å². The van der Waals surface area contributed by atoms with Gasteiger partial charge < -0.3 is 5.32 Å². The summed E-state index contributed by atoms with van der Waals surface area (Å²) in [4.78, 5) is 0. The summed E-state index contributed by atoms with van der Waals surface area (Å²) in [6, 6.07) is 8.43. The Morgan fingerprint density at radius 2 is 1.75 bits per heavy atom. The van der Waals surface area contributed by atoms with Crippen LogP contribution in [0.4, 0.5) is 0 Å². The van der Waals surface area contributed by atoms with E-state index in [9.17, 15) is 0 Å². The lowest BCUT2D eigenvalue weighted by Crippen LogP contribution is -2.29. The molecule has 0 radical (unpaired) electrons. The van der Waals surface area contributed by atoms with Crippen molar-refractivity contribution >= 4 is 11.6 Å². The average Bonchev–Trinajstić information content (AvgIpc) is 2.74. The molecule has 0 spiro atoms. The van der Waals surface area contributed by atoms with E-state index in [4.69, 9.17) is 11.6 Å². The molecule has 0 aliphatic heterocycles. The summed E-state index contributed by atoms with van der Waals surface area (Å²) in [5.74, 6) is 1.67. The molecule has 2 rings (SSSR count). The molecule has 1 aromatic rings. The topological polar surface area (TPSA) is 12.0 Å². The predicted octanol–water partition coefficient (Wildman–Crippen LogP) is 5.08. The van der Waals surface area contributed by atoms with Crippen molar-refractivity contribution in [1.29, 1.82) is 0 Å². The third-order valence-corrected chi connectivity index (χ3v) is 4.89. The van der Waals surface area contributed by atoms with Gasteiger partial charge in [0.2, 0.25) is 0 Å². The molecule has 0 saturated heterocycles. The molecular weight excluding hydrogens is 266 g/mol. The van der Waals surface area contributed by atoms with E-state index in [1.165, 1.54) is 50.5 Å². The Morgan fingerprint density at radius 1 is 1.10 bits per heavy atom. The van der Waals surface area contributed by atoms with E-state index in [2.05, 4.69) is 24.4 Å². The monoisotopic (exact) mass is 293 g/mol. The smallest absolute Gasteiger partial charge is 0.0406 e. The minimum Gasteiger partial charge on any atom is -0.317 e. The second-order valence-corrected chi connectivity index (χ2v) is 6.59. The SMILES string of the molecule is CCNCC(Cc1ccc(Cl)cc1)C1CCCCCC1. The molecule has 112 valence electrons. The molecular formula is C18H28ClN. The van der Waals surface area contributed by atoms with Crippen molar-refractivity contribution in [1.82, 2.24) is 5.32 Å². The number of rotatable bonds is 6. The zero-order valence-electron chi connectivity index (χ0n) is 12.7. The van der Waals surface area contributed by atoms with E-state index >= 15 is 0 Å². The van der Waals surface area contributed by atoms with E-state index in [0.29, 0.717) is 0 Å². The average molecular weight is 294 g/mol. The normalized spacial score (nSPS) is 18.7. The molecule has 0 heterocycles. The highest BCUT2D eigenvalue weighted by Gasteiger charge is 2.22. The van der Waals surface area contributed by atoms with Crippen LogP contribution in [0.25, 0.3) is 0 Å². The first-order valence-corrected chi connectivity index (χ1v) is 8.62. The van der Waals surface area contributed by atoms with Gasteiger partial charge in [0.1, 0.15) is 0 Å². The van der Waals surface area contributed by atoms with Crippen LogP contribution in [0.2, 0.25) is 5.02 Å². The van der Waals surface area contributed by atoms with Crippen molar-refractivity contribution in [2.45, 2.75) is 51.9 Å². The minimum atomic E-state index is 0.772. The fourth-order valence-electron chi connectivity index (χ4n) is 3.44. The van der Waals surface area contributed by atoms with Gasteiger partial charge in [0.15, 0.2) is 0 Å². The molecule has 0 bridgehead atoms. The Hall–Kier alpha value is -0.530. The van der Waals surface area contributed by atoms with Crippen LogP contribution in [0.5, 0.6) is 0 Å². The fourth-order valence-corrected chi connectivity index (χ4v) is 3.57. The third-order valence-electron chi connectivity index (χ3n) is 4.63. The maximum Gasteiger partial charge on any atom is 0.0406 e. The highest BCUT2D eigenvalue weighted by atomic mass is 35.5. The van der Waals surface area contributed by atoms with Crippen molar-refractivity contribution in [2.75, 3.05) is 13.1 Å². The quantitative estimate of drug-likeness (QED) is 0.721. The largest absolute Gasteiger partial charge is 0.317 e. The minimum absolute atomic E-state index is 0.772. The predicted molar refractivity (Wildman–Crippen MR) is 88.4 cm³/mol. The molecule has 1 saturated carbocycles. The molecule has 1 aliphatic rings. The van der Waals surface area contributed by atoms with Crippen LogP contribution in [0.1, 0.15) is 51.0 Å². The molecule has 1 fully saturated rings. The summed E-state index contributed by atoms with van der Waals surface area (Å²) < 4.78 is 0. The lowest BCUT2D eigenvalue weighted by atomic mass is 9.82. The van der Waals surface area contributed by atoms with Gasteiger partial charge in [0, 0.05) is 5.02 Å². The van der Waals surface area contributed by atoms with Gasteiger partial charge in [-0.25, -0.2) is 0 Å². The molecule has 0 amide bonds. The van der Waals surface area contributed by atoms with Gasteiger partial charge in [0.05, 0.1) is 0 Å². The van der Waals surface area contributed by atoms with Gasteiger partial charge in [-0.3, -0.25) is 0 Å². The molecule has 2 heteroatoms. The van der Waals surface area contributed by atoms with Crippen LogP contribution in [-0.2, 0) is 6.42 Å². The Morgan fingerprint density at radius 3 is 2.35 bits per heavy atom. The number of hydrogen-bond acceptors (Lipinski definition) is 1. The Balaban J connectivity index is 1.99. The van der Waals surface area contributed by atoms with Gasteiger partial charge >= 0.3 is 0 Å². The van der Waals surface area contributed by atoms with Crippen LogP contribution in [0.15, 0.2) is 24.3 Å². The number of nitrogens with one attached hydrogen (secondary N) is 1. The lowest BCUT2D eigenvalue weighted by molar-refractivity contribution is 0.286. The second-order valence-electron chi connectivity index (χ2n) is 6.15. The zero-order valence-corrected chi connectivity index (χ0v) is 13.5. The second kappa shape index (κ2) is 8.69. The Kier molecular flexibility index (Phi) is 6.89. The van der Waals surface area contributed by atoms with Crippen molar-refractivity contribution in [3.8, 4) is 0 Å². The standard InChI is InChI=1S/C18H28ClN/c1-2-20-14-17(16-7-5-3-4-6-8-16)13-15-9-11-18(19)12-10-15/h9-12,16-17,20H,2-8,13-14H2,1H3. The van der Waals surface area contributed by atoms with E-state index in [0.717, 1.165) is 29.9 Å². The molecule has 1 N–H and O–H groups in total. The zero-order chi connectivity index (χ0) is 14.2. The van der Waals surface area contributed by atoms with E-state index in [-0.39, 0.29) is 0 Å². The summed E-state index contributed by atoms with van der Waals surface area (Å²) in [6.45, 7) is 4.43. The van der Waals surface area contributed by atoms with Gasteiger partial charge in [-0.2, -0.15) is 0 Å². The van der Waals surface area contributed by atoms with Crippen molar-refractivity contribution in [3.05, 3.63) is 34.9 Å². The summed E-state index contributed by atoms with van der Waals surface area (Å²) in [7, 11) is 0. The number of halogens is 1. The first kappa shape index (κ1) is 15.9. The highest BCUT2D eigenvalue weighted by molar-refractivity contribution is 6.30. The van der Waals surface area contributed by atoms with Gasteiger partial charge in [-0.15, -0.1) is 0 Å². The van der Waals surface area contributed by atoms with Gasteiger partial charge in [0.25, 0.3) is 0 Å². The molecule has 1 aromatic carbocycles. The summed E-state index contributed by atoms with van der Waals surface area (Å²) in [6.07, 6.45) is 9.75. The molecule has 1 atom stereocenters. The highest BCUT2D eigenvalue weighted by Crippen LogP contribution is 2.31. The molecule has 20 heavy (non-hydrogen) atoms. The molecule has 0 aromatic heterocycles. The van der Waals surface area contributed by atoms with Crippen LogP contribution in [0.3, 0.4) is 0 Å². The fraction of sp³-hybridized carbons (Fsp3) is 0.667. The van der Waals surface area contributed by atoms with Crippen LogP contribution in [-0.4, -0.2) is 13.1 Å². The van der Waals surface area contributed by atoms with Gasteiger partial charge in [-0.05, 0) is 49.0 Å². The van der Waals surface area contributed by atoms with Crippen molar-refractivity contribution in [3.63, 3.8) is 0 Å². The summed E-state index contributed by atoms with van der Waals surface area (Å²) in [5, 5.41) is 4.41.